The van der Waals surface area contributed by atoms with Gasteiger partial charge in [-0.25, -0.2) is 0 Å². The van der Waals surface area contributed by atoms with Gasteiger partial charge in [0.25, 0.3) is 0 Å². The second-order valence-corrected chi connectivity index (χ2v) is 15.3. The number of carbonyl (C=O) groups excluding carboxylic acids is 1. The smallest absolute Gasteiger partial charge is 0.308 e. The minimum atomic E-state index is -1.21. The first-order valence-corrected chi connectivity index (χ1v) is 18.7. The van der Waals surface area contributed by atoms with E-state index in [1.54, 1.807) is 13.8 Å². The first-order chi connectivity index (χ1) is 18.5. The molecule has 0 bridgehead atoms. The maximum absolute atomic E-state index is 10.3. The molecule has 0 aromatic heterocycles. The van der Waals surface area contributed by atoms with Gasteiger partial charge in [-0.1, -0.05) is 115 Å². The Balaban J connectivity index is -0.000000195. The molecule has 1 aromatic rings. The lowest BCUT2D eigenvalue weighted by Gasteiger charge is -2.19. The zero-order valence-electron chi connectivity index (χ0n) is 28.3. The lowest BCUT2D eigenvalue weighted by molar-refractivity contribution is -0.144. The number of ether oxygens (including phenoxy) is 1. The summed E-state index contributed by atoms with van der Waals surface area (Å²) in [6.45, 7) is 23.3. The van der Waals surface area contributed by atoms with Crippen molar-refractivity contribution in [2.75, 3.05) is 13.7 Å². The van der Waals surface area contributed by atoms with E-state index in [0.717, 1.165) is 13.0 Å². The van der Waals surface area contributed by atoms with Gasteiger partial charge in [-0.3, -0.25) is 4.79 Å². The van der Waals surface area contributed by atoms with Crippen LogP contribution in [0.3, 0.4) is 0 Å². The summed E-state index contributed by atoms with van der Waals surface area (Å²) in [5, 5.41) is 0. The summed E-state index contributed by atoms with van der Waals surface area (Å²) in [6.07, 6.45) is 22.6. The number of hydrogen-bond acceptors (Lipinski definition) is 3. The first kappa shape index (κ1) is 44.9. The standard InChI is InChI=1S/C9H11.C8H16.C6H15OSi.C5H10O2.C4H9.C3H7/c1-2-6-9-7-4-3-5-8-9;1-2-4-6-8-7-5-3-1;1-5-6-7-8(2,3)4;1-4(2)5(6)7-3;1-3-4-2;1-3-2/h2-5,7-8H,6H2,1H3;1-8H2;5H,6H2,1-4H3;4H,1-3H3;3H,4H2,1-2H3;3H,1-2H3/q-1;;-1;;2*-1. The molecule has 1 aliphatic carbocycles. The molecule has 4 heteroatoms. The minimum absolute atomic E-state index is 0.00463. The van der Waals surface area contributed by atoms with Crippen LogP contribution >= 0.6 is 0 Å². The summed E-state index contributed by atoms with van der Waals surface area (Å²) in [6, 6.07) is 10.5. The Kier molecular flexibility index (Phi) is 42.4. The third-order valence-electron chi connectivity index (χ3n) is 5.05. The van der Waals surface area contributed by atoms with Crippen LogP contribution in [-0.2, 0) is 20.4 Å². The molecule has 0 spiro atoms. The fourth-order valence-corrected chi connectivity index (χ4v) is 3.50. The van der Waals surface area contributed by atoms with E-state index in [2.05, 4.69) is 82.3 Å². The molecule has 0 unspecified atom stereocenters. The van der Waals surface area contributed by atoms with Crippen molar-refractivity contribution >= 4 is 14.3 Å². The van der Waals surface area contributed by atoms with Crippen LogP contribution in [0.2, 0.25) is 19.6 Å². The molecule has 0 aliphatic heterocycles. The van der Waals surface area contributed by atoms with E-state index in [1.807, 2.05) is 39.7 Å². The largest absolute Gasteiger partial charge is 0.469 e. The van der Waals surface area contributed by atoms with Gasteiger partial charge in [0.05, 0.1) is 13.0 Å². The highest BCUT2D eigenvalue weighted by atomic mass is 28.4. The Bertz CT molecular complexity index is 527. The van der Waals surface area contributed by atoms with Gasteiger partial charge in [0, 0.05) is 0 Å². The molecule has 1 saturated carbocycles. The number of methoxy groups -OCH3 is 1. The van der Waals surface area contributed by atoms with Crippen LogP contribution in [0.1, 0.15) is 119 Å². The molecular formula is C35H68O3Si-4. The molecule has 2 rings (SSSR count). The normalized spacial score (nSPS) is 12.4. The highest BCUT2D eigenvalue weighted by Gasteiger charge is 2.10. The highest BCUT2D eigenvalue weighted by molar-refractivity contribution is 6.69. The zero-order chi connectivity index (χ0) is 30.8. The van der Waals surface area contributed by atoms with E-state index in [0.29, 0.717) is 0 Å². The zero-order valence-corrected chi connectivity index (χ0v) is 29.3. The number of esters is 1. The quantitative estimate of drug-likeness (QED) is 0.188. The Morgan fingerprint density at radius 3 is 1.36 bits per heavy atom. The average molecular weight is 565 g/mol. The van der Waals surface area contributed by atoms with E-state index in [-0.39, 0.29) is 11.9 Å². The SMILES string of the molecule is C1CCCCCCC1.COC(=O)C(C)C.C[CH-]C.C[CH-]CC.C[CH-]CO[Si](C)(C)C.C[CH-]Cc1ccccc1. The van der Waals surface area contributed by atoms with Crippen molar-refractivity contribution < 1.29 is 14.0 Å². The van der Waals surface area contributed by atoms with Crippen molar-refractivity contribution in [3.63, 3.8) is 0 Å². The Morgan fingerprint density at radius 2 is 1.18 bits per heavy atom. The van der Waals surface area contributed by atoms with Crippen LogP contribution in [0.4, 0.5) is 0 Å². The molecule has 0 atom stereocenters. The molecule has 0 amide bonds. The molecule has 234 valence electrons. The predicted octanol–water partition coefficient (Wildman–Crippen LogP) is 11.3. The van der Waals surface area contributed by atoms with E-state index in [4.69, 9.17) is 4.43 Å². The van der Waals surface area contributed by atoms with Gasteiger partial charge in [0.1, 0.15) is 0 Å². The van der Waals surface area contributed by atoms with Crippen molar-refractivity contribution in [3.8, 4) is 0 Å². The number of rotatable bonds is 7. The van der Waals surface area contributed by atoms with E-state index < -0.39 is 8.32 Å². The minimum Gasteiger partial charge on any atom is -0.469 e. The molecule has 1 fully saturated rings. The van der Waals surface area contributed by atoms with Crippen LogP contribution < -0.4 is 0 Å². The summed E-state index contributed by atoms with van der Waals surface area (Å²) < 4.78 is 9.83. The van der Waals surface area contributed by atoms with Crippen molar-refractivity contribution in [3.05, 3.63) is 61.6 Å². The molecule has 1 aromatic carbocycles. The summed E-state index contributed by atoms with van der Waals surface area (Å²) >= 11 is 0. The highest BCUT2D eigenvalue weighted by Crippen LogP contribution is 2.15. The fourth-order valence-electron chi connectivity index (χ4n) is 2.83. The van der Waals surface area contributed by atoms with Gasteiger partial charge in [0.15, 0.2) is 8.32 Å². The summed E-state index contributed by atoms with van der Waals surface area (Å²) in [7, 11) is 0.182. The Hall–Kier alpha value is -1.13. The molecule has 0 N–H and O–H groups in total. The van der Waals surface area contributed by atoms with Crippen LogP contribution in [0.5, 0.6) is 0 Å². The van der Waals surface area contributed by atoms with Crippen molar-refractivity contribution in [1.29, 1.82) is 0 Å². The maximum atomic E-state index is 10.3. The van der Waals surface area contributed by atoms with Gasteiger partial charge in [-0.15, -0.1) is 0 Å². The topological polar surface area (TPSA) is 35.5 Å². The molecule has 1 aliphatic rings. The predicted molar refractivity (Wildman–Crippen MR) is 179 cm³/mol. The van der Waals surface area contributed by atoms with Gasteiger partial charge in [-0.2, -0.15) is 47.5 Å². The van der Waals surface area contributed by atoms with Gasteiger partial charge in [0.2, 0.25) is 0 Å². The summed E-state index contributed by atoms with van der Waals surface area (Å²) in [5.41, 5.74) is 1.39. The molecule has 0 heterocycles. The Labute approximate surface area is 248 Å². The summed E-state index contributed by atoms with van der Waals surface area (Å²) in [4.78, 5) is 10.3. The van der Waals surface area contributed by atoms with Crippen LogP contribution in [0.25, 0.3) is 0 Å². The summed E-state index contributed by atoms with van der Waals surface area (Å²) in [5.74, 6) is -0.148. The fraction of sp³-hybridized carbons (Fsp3) is 0.686. The number of hydrogen-bond donors (Lipinski definition) is 0. The third kappa shape index (κ3) is 50.2. The van der Waals surface area contributed by atoms with E-state index in [1.165, 1.54) is 70.5 Å². The monoisotopic (exact) mass is 564 g/mol. The van der Waals surface area contributed by atoms with E-state index >= 15 is 0 Å². The van der Waals surface area contributed by atoms with Crippen LogP contribution in [-0.4, -0.2) is 28.0 Å². The lowest BCUT2D eigenvalue weighted by Crippen LogP contribution is -2.25. The lowest BCUT2D eigenvalue weighted by atomic mass is 10.0. The van der Waals surface area contributed by atoms with Crippen molar-refractivity contribution in [1.82, 2.24) is 0 Å². The molecular weight excluding hydrogens is 496 g/mol. The number of benzene rings is 1. The number of carbonyl (C=O) groups is 1. The second kappa shape index (κ2) is 36.9. The molecule has 0 saturated heterocycles. The Morgan fingerprint density at radius 1 is 0.795 bits per heavy atom. The van der Waals surface area contributed by atoms with Crippen LogP contribution in [0.15, 0.2) is 30.3 Å². The van der Waals surface area contributed by atoms with Crippen molar-refractivity contribution in [2.24, 2.45) is 5.92 Å². The maximum Gasteiger partial charge on any atom is 0.308 e. The molecule has 3 nitrogen and oxygen atoms in total. The molecule has 0 radical (unpaired) electrons. The van der Waals surface area contributed by atoms with E-state index in [9.17, 15) is 4.79 Å². The third-order valence-corrected chi connectivity index (χ3v) is 6.08. The van der Waals surface area contributed by atoms with Gasteiger partial charge >= 0.3 is 5.97 Å². The average Bonchev–Trinajstić information content (AvgIpc) is 2.89. The second-order valence-electron chi connectivity index (χ2n) is 10.8. The van der Waals surface area contributed by atoms with Crippen LogP contribution in [0, 0.1) is 31.6 Å². The van der Waals surface area contributed by atoms with Gasteiger partial charge in [-0.05, 0) is 19.6 Å². The van der Waals surface area contributed by atoms with Gasteiger partial charge < -0.3 is 34.8 Å². The van der Waals surface area contributed by atoms with Crippen molar-refractivity contribution in [2.45, 2.75) is 139 Å². The first-order valence-electron chi connectivity index (χ1n) is 15.3. The molecule has 39 heavy (non-hydrogen) atoms. The number of unbranched alkanes of at least 4 members (excludes halogenated alkanes) is 1.